The molecule has 0 atom stereocenters. The minimum atomic E-state index is -0.469. The number of allylic oxidation sites excluding steroid dienone is 1. The van der Waals surface area contributed by atoms with E-state index in [1.165, 1.54) is 6.20 Å². The predicted molar refractivity (Wildman–Crippen MR) is 112 cm³/mol. The van der Waals surface area contributed by atoms with Crippen molar-refractivity contribution in [2.45, 2.75) is 19.3 Å². The highest BCUT2D eigenvalue weighted by molar-refractivity contribution is 6.00. The highest BCUT2D eigenvalue weighted by atomic mass is 16.1. The Hall–Kier alpha value is -3.48. The third-order valence-electron chi connectivity index (χ3n) is 5.06. The number of primary amides is 1. The summed E-state index contributed by atoms with van der Waals surface area (Å²) in [4.78, 5) is 15.8. The second-order valence-corrected chi connectivity index (χ2v) is 6.80. The normalized spacial score (nSPS) is 15.8. The molecule has 1 amide bonds. The summed E-state index contributed by atoms with van der Waals surface area (Å²) in [5, 5.41) is 11.9. The number of rotatable bonds is 8. The van der Waals surface area contributed by atoms with Crippen molar-refractivity contribution >= 4 is 17.4 Å². The van der Waals surface area contributed by atoms with Crippen LogP contribution in [0.5, 0.6) is 0 Å². The Morgan fingerprint density at radius 1 is 1.29 bits per heavy atom. The number of nitrogens with one attached hydrogen (secondary N) is 1. The van der Waals surface area contributed by atoms with E-state index in [0.717, 1.165) is 30.5 Å². The summed E-state index contributed by atoms with van der Waals surface area (Å²) in [6.45, 7) is 4.58. The number of anilines is 1. The lowest BCUT2D eigenvalue weighted by Gasteiger charge is -2.42. The van der Waals surface area contributed by atoms with E-state index in [4.69, 9.17) is 11.5 Å². The fourth-order valence-electron chi connectivity index (χ4n) is 3.33. The minimum Gasteiger partial charge on any atom is -0.403 e. The van der Waals surface area contributed by atoms with Crippen LogP contribution in [0.3, 0.4) is 0 Å². The van der Waals surface area contributed by atoms with Crippen LogP contribution in [0.2, 0.25) is 0 Å². The second-order valence-electron chi connectivity index (χ2n) is 6.80. The Kier molecular flexibility index (Phi) is 5.84. The summed E-state index contributed by atoms with van der Waals surface area (Å²) >= 11 is 0. The van der Waals surface area contributed by atoms with Crippen molar-refractivity contribution in [3.05, 3.63) is 67.0 Å². The zero-order valence-electron chi connectivity index (χ0n) is 15.6. The molecule has 0 unspecified atom stereocenters. The van der Waals surface area contributed by atoms with Crippen molar-refractivity contribution in [2.75, 3.05) is 11.9 Å². The number of hydrogen-bond acceptors (Lipinski definition) is 6. The molecule has 0 bridgehead atoms. The molecule has 0 spiro atoms. The first-order valence-corrected chi connectivity index (χ1v) is 9.13. The number of aromatic nitrogens is 2. The van der Waals surface area contributed by atoms with Crippen LogP contribution in [0.4, 0.5) is 5.82 Å². The molecule has 1 aliphatic carbocycles. The Bertz CT molecular complexity index is 913. The van der Waals surface area contributed by atoms with E-state index in [9.17, 15) is 4.79 Å². The van der Waals surface area contributed by atoms with Crippen molar-refractivity contribution < 1.29 is 4.79 Å². The smallest absolute Gasteiger partial charge is 0.248 e. The van der Waals surface area contributed by atoms with Gasteiger partial charge >= 0.3 is 0 Å². The van der Waals surface area contributed by atoms with Crippen LogP contribution in [0, 0.1) is 5.41 Å². The fourth-order valence-corrected chi connectivity index (χ4v) is 3.33. The molecule has 1 aromatic carbocycles. The number of hydrogen-bond donors (Lipinski definition) is 3. The molecule has 144 valence electrons. The van der Waals surface area contributed by atoms with Crippen molar-refractivity contribution in [1.82, 2.24) is 10.2 Å². The number of aliphatic imine (C=N–C) groups is 1. The molecule has 1 aliphatic rings. The zero-order chi connectivity index (χ0) is 20.0. The van der Waals surface area contributed by atoms with Crippen LogP contribution in [0.1, 0.15) is 29.6 Å². The molecule has 7 nitrogen and oxygen atoms in total. The maximum atomic E-state index is 11.3. The number of carbonyl (C=O) groups is 1. The molecular formula is C21H24N6O. The van der Waals surface area contributed by atoms with Gasteiger partial charge in [0.2, 0.25) is 5.91 Å². The lowest BCUT2D eigenvalue weighted by molar-refractivity contribution is 0.100. The Morgan fingerprint density at radius 3 is 2.68 bits per heavy atom. The number of amides is 1. The minimum absolute atomic E-state index is 0.0581. The molecule has 1 saturated carbocycles. The average molecular weight is 376 g/mol. The van der Waals surface area contributed by atoms with Crippen LogP contribution >= 0.6 is 0 Å². The molecule has 0 radical (unpaired) electrons. The Labute approximate surface area is 164 Å². The van der Waals surface area contributed by atoms with Crippen molar-refractivity contribution in [1.29, 1.82) is 0 Å². The van der Waals surface area contributed by atoms with Crippen LogP contribution in [0.15, 0.2) is 66.4 Å². The fraction of sp³-hybridized carbons (Fsp3) is 0.238. The molecule has 28 heavy (non-hydrogen) atoms. The lowest BCUT2D eigenvalue weighted by atomic mass is 9.65. The molecule has 2 aromatic rings. The van der Waals surface area contributed by atoms with E-state index in [-0.39, 0.29) is 5.41 Å². The topological polar surface area (TPSA) is 119 Å². The van der Waals surface area contributed by atoms with Gasteiger partial charge in [0.05, 0.1) is 5.69 Å². The number of carbonyl (C=O) groups excluding carboxylic acids is 1. The van der Waals surface area contributed by atoms with E-state index in [1.807, 2.05) is 18.2 Å². The number of benzene rings is 1. The molecule has 1 heterocycles. The predicted octanol–water partition coefficient (Wildman–Crippen LogP) is 2.88. The third-order valence-corrected chi connectivity index (χ3v) is 5.06. The molecule has 7 heteroatoms. The molecule has 3 rings (SSSR count). The van der Waals surface area contributed by atoms with Crippen LogP contribution in [-0.2, 0) is 0 Å². The van der Waals surface area contributed by atoms with Crippen LogP contribution < -0.4 is 16.8 Å². The Balaban J connectivity index is 1.71. The summed E-state index contributed by atoms with van der Waals surface area (Å²) in [7, 11) is 0. The summed E-state index contributed by atoms with van der Waals surface area (Å²) in [6.07, 6.45) is 8.03. The van der Waals surface area contributed by atoms with Gasteiger partial charge in [-0.05, 0) is 43.2 Å². The van der Waals surface area contributed by atoms with E-state index in [1.54, 1.807) is 30.5 Å². The second kappa shape index (κ2) is 8.47. The largest absolute Gasteiger partial charge is 0.403 e. The first-order valence-electron chi connectivity index (χ1n) is 9.13. The summed E-state index contributed by atoms with van der Waals surface area (Å²) < 4.78 is 0. The maximum Gasteiger partial charge on any atom is 0.248 e. The van der Waals surface area contributed by atoms with Gasteiger partial charge in [0, 0.05) is 41.2 Å². The first kappa shape index (κ1) is 19.3. The van der Waals surface area contributed by atoms with Gasteiger partial charge in [-0.25, -0.2) is 0 Å². The Morgan fingerprint density at radius 2 is 2.11 bits per heavy atom. The SMILES string of the molecule is C=CC(=N/C=C\N)C1(CNc2ccc(-c3cccc(C(N)=O)c3)nn2)CCC1. The molecule has 1 fully saturated rings. The standard InChI is InChI=1S/C21H24N6O/c1-2-18(24-12-11-22)21(9-4-10-21)14-25-19-8-7-17(26-27-19)15-5-3-6-16(13-15)20(23)28/h2-3,5-8,11-13H,1,4,9-10,14,22H2,(H2,23,28)(H,25,27)/b12-11-,24-18?. The van der Waals surface area contributed by atoms with Crippen LogP contribution in [0.25, 0.3) is 11.3 Å². The van der Waals surface area contributed by atoms with Crippen molar-refractivity contribution in [2.24, 2.45) is 21.9 Å². The van der Waals surface area contributed by atoms with Gasteiger partial charge < -0.3 is 16.8 Å². The van der Waals surface area contributed by atoms with Crippen molar-refractivity contribution in [3.63, 3.8) is 0 Å². The van der Waals surface area contributed by atoms with Gasteiger partial charge in [-0.3, -0.25) is 9.79 Å². The zero-order valence-corrected chi connectivity index (χ0v) is 15.6. The molecule has 0 saturated heterocycles. The number of nitrogens with zero attached hydrogens (tertiary/aromatic N) is 3. The third kappa shape index (κ3) is 4.09. The van der Waals surface area contributed by atoms with Crippen LogP contribution in [-0.4, -0.2) is 28.4 Å². The van der Waals surface area contributed by atoms with E-state index >= 15 is 0 Å². The first-order chi connectivity index (χ1) is 13.6. The highest BCUT2D eigenvalue weighted by Gasteiger charge is 2.40. The van der Waals surface area contributed by atoms with Gasteiger partial charge in [-0.2, -0.15) is 0 Å². The summed E-state index contributed by atoms with van der Waals surface area (Å²) in [5.41, 5.74) is 13.5. The molecule has 5 N–H and O–H groups in total. The highest BCUT2D eigenvalue weighted by Crippen LogP contribution is 2.42. The van der Waals surface area contributed by atoms with E-state index < -0.39 is 5.91 Å². The van der Waals surface area contributed by atoms with Gasteiger partial charge in [-0.1, -0.05) is 25.1 Å². The lowest BCUT2D eigenvalue weighted by Crippen LogP contribution is -2.43. The molecular weight excluding hydrogens is 352 g/mol. The quantitative estimate of drug-likeness (QED) is 0.612. The van der Waals surface area contributed by atoms with E-state index in [2.05, 4.69) is 27.1 Å². The monoisotopic (exact) mass is 376 g/mol. The summed E-state index contributed by atoms with van der Waals surface area (Å²) in [6, 6.07) is 10.8. The average Bonchev–Trinajstić information content (AvgIpc) is 2.69. The summed E-state index contributed by atoms with van der Waals surface area (Å²) in [5.74, 6) is 0.210. The number of nitrogens with two attached hydrogens (primary N) is 2. The van der Waals surface area contributed by atoms with Gasteiger partial charge in [-0.15, -0.1) is 10.2 Å². The van der Waals surface area contributed by atoms with E-state index in [0.29, 0.717) is 23.6 Å². The maximum absolute atomic E-state index is 11.3. The molecule has 0 aliphatic heterocycles. The van der Waals surface area contributed by atoms with Crippen molar-refractivity contribution in [3.8, 4) is 11.3 Å². The van der Waals surface area contributed by atoms with Gasteiger partial charge in [0.15, 0.2) is 0 Å². The van der Waals surface area contributed by atoms with Gasteiger partial charge in [0.25, 0.3) is 0 Å². The molecule has 1 aromatic heterocycles. The van der Waals surface area contributed by atoms with Gasteiger partial charge in [0.1, 0.15) is 5.82 Å².